The van der Waals surface area contributed by atoms with Gasteiger partial charge in [0.15, 0.2) is 11.4 Å². The van der Waals surface area contributed by atoms with E-state index in [0.29, 0.717) is 16.0 Å². The van der Waals surface area contributed by atoms with E-state index in [1.54, 1.807) is 19.4 Å². The van der Waals surface area contributed by atoms with Crippen LogP contribution in [0.25, 0.3) is 0 Å². The topological polar surface area (TPSA) is 55.1 Å². The molecular weight excluding hydrogens is 419 g/mol. The lowest BCUT2D eigenvalue weighted by atomic mass is 10.3. The number of ether oxygens (including phenoxy) is 2. The number of hydrogen-bond donors (Lipinski definition) is 0. The van der Waals surface area contributed by atoms with E-state index in [9.17, 15) is 9.65 Å². The highest BCUT2D eigenvalue weighted by molar-refractivity contribution is 9.10. The SMILES string of the molecule is COc1cccc(Sc2cnc(C#N)c(Oc3ccc(F)cc3Br)c2)c1. The molecule has 3 rings (SSSR count). The number of nitriles is 1. The van der Waals surface area contributed by atoms with E-state index < -0.39 is 0 Å². The third kappa shape index (κ3) is 4.34. The van der Waals surface area contributed by atoms with Crippen LogP contribution < -0.4 is 9.47 Å². The lowest BCUT2D eigenvalue weighted by molar-refractivity contribution is 0.413. The van der Waals surface area contributed by atoms with Crippen molar-refractivity contribution >= 4 is 27.7 Å². The van der Waals surface area contributed by atoms with Crippen LogP contribution in [0.1, 0.15) is 5.69 Å². The van der Waals surface area contributed by atoms with Crippen LogP contribution in [0.5, 0.6) is 17.2 Å². The molecule has 0 saturated carbocycles. The highest BCUT2D eigenvalue weighted by Crippen LogP contribution is 2.35. The third-order valence-corrected chi connectivity index (χ3v) is 4.89. The van der Waals surface area contributed by atoms with Crippen molar-refractivity contribution in [2.24, 2.45) is 0 Å². The average Bonchev–Trinajstić information content (AvgIpc) is 2.64. The Kier molecular flexibility index (Phi) is 5.76. The number of nitrogens with zero attached hydrogens (tertiary/aromatic N) is 2. The van der Waals surface area contributed by atoms with Crippen LogP contribution in [0.4, 0.5) is 4.39 Å². The van der Waals surface area contributed by atoms with Crippen LogP contribution in [-0.2, 0) is 0 Å². The Morgan fingerprint density at radius 2 is 1.96 bits per heavy atom. The molecule has 0 bridgehead atoms. The molecule has 0 N–H and O–H groups in total. The van der Waals surface area contributed by atoms with Gasteiger partial charge in [0.2, 0.25) is 0 Å². The Morgan fingerprint density at radius 1 is 1.12 bits per heavy atom. The molecule has 3 aromatic rings. The van der Waals surface area contributed by atoms with Gasteiger partial charge in [-0.05, 0) is 58.4 Å². The molecule has 1 heterocycles. The Hall–Kier alpha value is -2.56. The Balaban J connectivity index is 1.90. The quantitative estimate of drug-likeness (QED) is 0.511. The summed E-state index contributed by atoms with van der Waals surface area (Å²) < 4.78 is 24.7. The maximum absolute atomic E-state index is 13.2. The fourth-order valence-electron chi connectivity index (χ4n) is 2.12. The van der Waals surface area contributed by atoms with E-state index in [2.05, 4.69) is 20.9 Å². The standard InChI is InChI=1S/C19H12BrFN2O2S/c1-24-13-3-2-4-14(8-13)26-15-9-19(17(10-22)23-11-15)25-18-6-5-12(21)7-16(18)20/h2-9,11H,1H3. The molecule has 7 heteroatoms. The number of benzene rings is 2. The zero-order valence-electron chi connectivity index (χ0n) is 13.6. The Bertz CT molecular complexity index is 992. The van der Waals surface area contributed by atoms with E-state index in [1.807, 2.05) is 30.3 Å². The highest BCUT2D eigenvalue weighted by atomic mass is 79.9. The number of methoxy groups -OCH3 is 1. The van der Waals surface area contributed by atoms with Crippen molar-refractivity contribution < 1.29 is 13.9 Å². The van der Waals surface area contributed by atoms with Gasteiger partial charge in [0, 0.05) is 16.0 Å². The molecule has 0 aliphatic rings. The Morgan fingerprint density at radius 3 is 2.69 bits per heavy atom. The first-order valence-electron chi connectivity index (χ1n) is 7.44. The van der Waals surface area contributed by atoms with E-state index in [1.165, 1.54) is 30.0 Å². The van der Waals surface area contributed by atoms with Gasteiger partial charge in [0.05, 0.1) is 11.6 Å². The van der Waals surface area contributed by atoms with Crippen LogP contribution >= 0.6 is 27.7 Å². The van der Waals surface area contributed by atoms with E-state index in [4.69, 9.17) is 9.47 Å². The summed E-state index contributed by atoms with van der Waals surface area (Å²) >= 11 is 4.72. The van der Waals surface area contributed by atoms with E-state index in [0.717, 1.165) is 15.5 Å². The highest BCUT2D eigenvalue weighted by Gasteiger charge is 2.12. The molecule has 0 unspecified atom stereocenters. The first kappa shape index (κ1) is 18.2. The molecule has 0 aliphatic heterocycles. The van der Waals surface area contributed by atoms with Gasteiger partial charge < -0.3 is 9.47 Å². The summed E-state index contributed by atoms with van der Waals surface area (Å²) in [6.07, 6.45) is 1.61. The second-order valence-electron chi connectivity index (χ2n) is 5.09. The van der Waals surface area contributed by atoms with Gasteiger partial charge >= 0.3 is 0 Å². The summed E-state index contributed by atoms with van der Waals surface area (Å²) in [5.74, 6) is 1.06. The molecule has 0 saturated heterocycles. The van der Waals surface area contributed by atoms with Gasteiger partial charge in [0.25, 0.3) is 0 Å². The number of aromatic nitrogens is 1. The summed E-state index contributed by atoms with van der Waals surface area (Å²) in [5.41, 5.74) is 0.149. The third-order valence-electron chi connectivity index (χ3n) is 3.32. The van der Waals surface area contributed by atoms with Crippen molar-refractivity contribution in [3.05, 3.63) is 70.7 Å². The fraction of sp³-hybridized carbons (Fsp3) is 0.0526. The smallest absolute Gasteiger partial charge is 0.183 e. The van der Waals surface area contributed by atoms with E-state index in [-0.39, 0.29) is 11.5 Å². The number of rotatable bonds is 5. The monoisotopic (exact) mass is 430 g/mol. The summed E-state index contributed by atoms with van der Waals surface area (Å²) in [6, 6.07) is 15.4. The molecule has 130 valence electrons. The van der Waals surface area contributed by atoms with Gasteiger partial charge in [-0.3, -0.25) is 0 Å². The molecule has 1 aromatic heterocycles. The predicted molar refractivity (Wildman–Crippen MR) is 100 cm³/mol. The average molecular weight is 431 g/mol. The van der Waals surface area contributed by atoms with Crippen LogP contribution in [0.3, 0.4) is 0 Å². The molecule has 0 fully saturated rings. The molecule has 0 aliphatic carbocycles. The summed E-state index contributed by atoms with van der Waals surface area (Å²) in [7, 11) is 1.61. The fourth-order valence-corrected chi connectivity index (χ4v) is 3.42. The molecular formula is C19H12BrFN2O2S. The lowest BCUT2D eigenvalue weighted by Gasteiger charge is -2.10. The van der Waals surface area contributed by atoms with Gasteiger partial charge in [-0.25, -0.2) is 9.37 Å². The van der Waals surface area contributed by atoms with Crippen LogP contribution in [0.15, 0.2) is 69.0 Å². The zero-order chi connectivity index (χ0) is 18.5. The number of pyridine rings is 1. The molecule has 0 atom stereocenters. The normalized spacial score (nSPS) is 10.2. The number of halogens is 2. The summed E-state index contributed by atoms with van der Waals surface area (Å²) in [5, 5.41) is 9.27. The van der Waals surface area contributed by atoms with Gasteiger partial charge in [0.1, 0.15) is 23.4 Å². The van der Waals surface area contributed by atoms with Crippen LogP contribution in [-0.4, -0.2) is 12.1 Å². The van der Waals surface area contributed by atoms with Crippen molar-refractivity contribution in [3.8, 4) is 23.3 Å². The van der Waals surface area contributed by atoms with Crippen LogP contribution in [0.2, 0.25) is 0 Å². The summed E-state index contributed by atoms with van der Waals surface area (Å²) in [4.78, 5) is 5.91. The largest absolute Gasteiger partial charge is 0.497 e. The Labute approximate surface area is 162 Å². The van der Waals surface area contributed by atoms with Gasteiger partial charge in [-0.15, -0.1) is 0 Å². The molecule has 26 heavy (non-hydrogen) atoms. The minimum Gasteiger partial charge on any atom is -0.497 e. The molecule has 2 aromatic carbocycles. The van der Waals surface area contributed by atoms with Crippen LogP contribution in [0, 0.1) is 17.1 Å². The number of hydrogen-bond acceptors (Lipinski definition) is 5. The summed E-state index contributed by atoms with van der Waals surface area (Å²) in [6.45, 7) is 0. The molecule has 0 amide bonds. The van der Waals surface area contributed by atoms with Crippen molar-refractivity contribution in [3.63, 3.8) is 0 Å². The van der Waals surface area contributed by atoms with Crippen molar-refractivity contribution in [2.45, 2.75) is 9.79 Å². The van der Waals surface area contributed by atoms with Gasteiger partial charge in [-0.1, -0.05) is 17.8 Å². The van der Waals surface area contributed by atoms with E-state index >= 15 is 0 Å². The molecule has 0 spiro atoms. The lowest BCUT2D eigenvalue weighted by Crippen LogP contribution is -1.93. The second kappa shape index (κ2) is 8.21. The minimum atomic E-state index is -0.384. The first-order valence-corrected chi connectivity index (χ1v) is 9.05. The second-order valence-corrected chi connectivity index (χ2v) is 7.09. The predicted octanol–water partition coefficient (Wildman–Crippen LogP) is 5.81. The van der Waals surface area contributed by atoms with Gasteiger partial charge in [-0.2, -0.15) is 5.26 Å². The maximum Gasteiger partial charge on any atom is 0.183 e. The zero-order valence-corrected chi connectivity index (χ0v) is 16.0. The first-order chi connectivity index (χ1) is 12.6. The van der Waals surface area contributed by atoms with Crippen molar-refractivity contribution in [1.29, 1.82) is 5.26 Å². The minimum absolute atomic E-state index is 0.149. The molecule has 4 nitrogen and oxygen atoms in total. The maximum atomic E-state index is 13.2. The van der Waals surface area contributed by atoms with Crippen molar-refractivity contribution in [1.82, 2.24) is 4.98 Å². The molecule has 0 radical (unpaired) electrons. The van der Waals surface area contributed by atoms with Crippen molar-refractivity contribution in [2.75, 3.05) is 7.11 Å².